The van der Waals surface area contributed by atoms with Crippen molar-refractivity contribution in [2.75, 3.05) is 37.7 Å². The van der Waals surface area contributed by atoms with Crippen molar-refractivity contribution >= 4 is 22.4 Å². The number of carbonyl (C=O) groups excluding carboxylic acids is 1. The van der Waals surface area contributed by atoms with Crippen molar-refractivity contribution in [3.05, 3.63) is 76.9 Å². The Balaban J connectivity index is 1.22. The number of nitrogens with two attached hydrogens (primary N) is 1. The summed E-state index contributed by atoms with van der Waals surface area (Å²) in [6, 6.07) is 20.8. The van der Waals surface area contributed by atoms with Crippen molar-refractivity contribution in [3.8, 4) is 6.07 Å². The van der Waals surface area contributed by atoms with Crippen LogP contribution in [0.4, 0.5) is 5.69 Å². The van der Waals surface area contributed by atoms with Crippen molar-refractivity contribution < 1.29 is 9.53 Å². The first-order valence-electron chi connectivity index (χ1n) is 12.0. The number of benzene rings is 3. The number of fused-ring (bicyclic) bond motifs is 2. The quantitative estimate of drug-likeness (QED) is 0.630. The van der Waals surface area contributed by atoms with Gasteiger partial charge in [0.2, 0.25) is 5.91 Å². The van der Waals surface area contributed by atoms with Gasteiger partial charge < -0.3 is 15.4 Å². The minimum atomic E-state index is -0.380. The molecule has 2 N–H and O–H groups in total. The molecule has 0 unspecified atom stereocenters. The summed E-state index contributed by atoms with van der Waals surface area (Å²) in [6.07, 6.45) is 1.81. The third-order valence-electron chi connectivity index (χ3n) is 7.26. The fraction of sp³-hybridized carbons (Fsp3) is 0.357. The average molecular weight is 455 g/mol. The minimum Gasteiger partial charge on any atom is -0.373 e. The summed E-state index contributed by atoms with van der Waals surface area (Å²) in [5, 5.41) is 11.5. The molecule has 1 saturated heterocycles. The number of rotatable bonds is 5. The molecule has 34 heavy (non-hydrogen) atoms. The van der Waals surface area contributed by atoms with Crippen molar-refractivity contribution in [1.82, 2.24) is 4.90 Å². The standard InChI is InChI=1S/C28H30N4O2/c1-19-18-32(24-6-8-25-20(16-24)3-2-4-23(25)17-29)13-12-31(19)11-9-27-26-7-5-22(28(30)33)15-21(26)10-14-34-27/h2-8,15-16,19,27H,9-14,18H2,1H3,(H2,30,33)/t19-,27+/m1/s1. The minimum absolute atomic E-state index is 0.0609. The maximum Gasteiger partial charge on any atom is 0.248 e. The van der Waals surface area contributed by atoms with E-state index in [0.717, 1.165) is 55.4 Å². The summed E-state index contributed by atoms with van der Waals surface area (Å²) >= 11 is 0. The predicted octanol–water partition coefficient (Wildman–Crippen LogP) is 4.02. The zero-order chi connectivity index (χ0) is 23.7. The molecule has 0 spiro atoms. The van der Waals surface area contributed by atoms with E-state index in [1.165, 1.54) is 16.8 Å². The number of nitriles is 1. The van der Waals surface area contributed by atoms with Crippen LogP contribution in [-0.2, 0) is 11.2 Å². The zero-order valence-electron chi connectivity index (χ0n) is 19.5. The topological polar surface area (TPSA) is 82.6 Å². The van der Waals surface area contributed by atoms with Crippen molar-refractivity contribution in [2.45, 2.75) is 31.9 Å². The maximum atomic E-state index is 11.5. The number of anilines is 1. The van der Waals surface area contributed by atoms with Gasteiger partial charge in [-0.25, -0.2) is 0 Å². The average Bonchev–Trinajstić information content (AvgIpc) is 2.86. The van der Waals surface area contributed by atoms with Crippen LogP contribution in [0.3, 0.4) is 0 Å². The molecule has 2 aliphatic heterocycles. The highest BCUT2D eigenvalue weighted by molar-refractivity contribution is 5.93. The van der Waals surface area contributed by atoms with Gasteiger partial charge in [0, 0.05) is 43.5 Å². The van der Waals surface area contributed by atoms with Gasteiger partial charge in [-0.05, 0) is 72.0 Å². The number of nitrogens with zero attached hydrogens (tertiary/aromatic N) is 3. The van der Waals surface area contributed by atoms with Crippen LogP contribution in [-0.4, -0.2) is 49.6 Å². The Kier molecular flexibility index (Phi) is 6.23. The van der Waals surface area contributed by atoms with Crippen LogP contribution in [0, 0.1) is 11.3 Å². The smallest absolute Gasteiger partial charge is 0.248 e. The lowest BCUT2D eigenvalue weighted by atomic mass is 9.93. The SMILES string of the molecule is C[C@@H]1CN(c2ccc3c(C#N)cccc3c2)CCN1CC[C@@H]1OCCc2cc(C(N)=O)ccc21. The third-order valence-corrected chi connectivity index (χ3v) is 7.26. The molecule has 0 radical (unpaired) electrons. The number of hydrogen-bond acceptors (Lipinski definition) is 5. The van der Waals surface area contributed by atoms with Crippen LogP contribution in [0.5, 0.6) is 0 Å². The molecular weight excluding hydrogens is 424 g/mol. The van der Waals surface area contributed by atoms with Gasteiger partial charge in [0.05, 0.1) is 24.3 Å². The Bertz CT molecular complexity index is 1260. The molecule has 2 atom stereocenters. The first-order chi connectivity index (χ1) is 16.5. The Morgan fingerprint density at radius 1 is 1.18 bits per heavy atom. The summed E-state index contributed by atoms with van der Waals surface area (Å²) in [7, 11) is 0. The van der Waals surface area contributed by atoms with E-state index >= 15 is 0 Å². The highest BCUT2D eigenvalue weighted by Crippen LogP contribution is 2.31. The molecule has 6 nitrogen and oxygen atoms in total. The van der Waals surface area contributed by atoms with E-state index in [1.807, 2.05) is 30.3 Å². The van der Waals surface area contributed by atoms with Crippen LogP contribution < -0.4 is 10.6 Å². The van der Waals surface area contributed by atoms with Gasteiger partial charge >= 0.3 is 0 Å². The van der Waals surface area contributed by atoms with E-state index < -0.39 is 0 Å². The van der Waals surface area contributed by atoms with Gasteiger partial charge in [-0.3, -0.25) is 9.69 Å². The van der Waals surface area contributed by atoms with Gasteiger partial charge in [0.1, 0.15) is 0 Å². The van der Waals surface area contributed by atoms with Crippen molar-refractivity contribution in [3.63, 3.8) is 0 Å². The van der Waals surface area contributed by atoms with Crippen LogP contribution in [0.1, 0.15) is 46.5 Å². The Labute approximate surface area is 200 Å². The second-order valence-electron chi connectivity index (χ2n) is 9.33. The van der Waals surface area contributed by atoms with E-state index in [0.29, 0.717) is 18.2 Å². The Hall–Kier alpha value is -3.40. The first-order valence-corrected chi connectivity index (χ1v) is 12.0. The molecular formula is C28H30N4O2. The molecule has 0 aromatic heterocycles. The van der Waals surface area contributed by atoms with Gasteiger partial charge in [-0.15, -0.1) is 0 Å². The van der Waals surface area contributed by atoms with E-state index in [4.69, 9.17) is 10.5 Å². The van der Waals surface area contributed by atoms with Gasteiger partial charge in [-0.2, -0.15) is 5.26 Å². The number of primary amides is 1. The number of amides is 1. The second kappa shape index (κ2) is 9.46. The monoisotopic (exact) mass is 454 g/mol. The van der Waals surface area contributed by atoms with E-state index in [2.05, 4.69) is 47.1 Å². The fourth-order valence-electron chi connectivity index (χ4n) is 5.34. The molecule has 3 aromatic rings. The molecule has 6 heteroatoms. The largest absolute Gasteiger partial charge is 0.373 e. The predicted molar refractivity (Wildman–Crippen MR) is 134 cm³/mol. The first kappa shape index (κ1) is 22.4. The number of piperazine rings is 1. The molecule has 1 amide bonds. The number of hydrogen-bond donors (Lipinski definition) is 1. The molecule has 0 bridgehead atoms. The lowest BCUT2D eigenvalue weighted by Gasteiger charge is -2.41. The summed E-state index contributed by atoms with van der Waals surface area (Å²) < 4.78 is 6.11. The molecule has 0 aliphatic carbocycles. The van der Waals surface area contributed by atoms with Crippen LogP contribution in [0.15, 0.2) is 54.6 Å². The second-order valence-corrected chi connectivity index (χ2v) is 9.33. The van der Waals surface area contributed by atoms with Gasteiger partial charge in [0.25, 0.3) is 0 Å². The Morgan fingerprint density at radius 2 is 2.06 bits per heavy atom. The van der Waals surface area contributed by atoms with Crippen LogP contribution in [0.2, 0.25) is 0 Å². The van der Waals surface area contributed by atoms with E-state index in [9.17, 15) is 10.1 Å². The molecule has 5 rings (SSSR count). The number of carbonyl (C=O) groups is 1. The maximum absolute atomic E-state index is 11.5. The van der Waals surface area contributed by atoms with Crippen LogP contribution >= 0.6 is 0 Å². The Morgan fingerprint density at radius 3 is 2.85 bits per heavy atom. The number of ether oxygens (including phenoxy) is 1. The fourth-order valence-corrected chi connectivity index (χ4v) is 5.34. The summed E-state index contributed by atoms with van der Waals surface area (Å²) in [5.41, 5.74) is 10.3. The lowest BCUT2D eigenvalue weighted by Crippen LogP contribution is -2.52. The third kappa shape index (κ3) is 4.37. The summed E-state index contributed by atoms with van der Waals surface area (Å²) in [4.78, 5) is 16.5. The molecule has 2 heterocycles. The molecule has 3 aromatic carbocycles. The van der Waals surface area contributed by atoms with Crippen molar-refractivity contribution in [2.24, 2.45) is 5.73 Å². The zero-order valence-corrected chi connectivity index (χ0v) is 19.5. The molecule has 174 valence electrons. The highest BCUT2D eigenvalue weighted by atomic mass is 16.5. The van der Waals surface area contributed by atoms with E-state index in [-0.39, 0.29) is 12.0 Å². The molecule has 2 aliphatic rings. The van der Waals surface area contributed by atoms with Gasteiger partial charge in [-0.1, -0.05) is 24.3 Å². The molecule has 0 saturated carbocycles. The van der Waals surface area contributed by atoms with E-state index in [1.54, 1.807) is 0 Å². The van der Waals surface area contributed by atoms with Gasteiger partial charge in [0.15, 0.2) is 0 Å². The van der Waals surface area contributed by atoms with Crippen LogP contribution in [0.25, 0.3) is 10.8 Å². The highest BCUT2D eigenvalue weighted by Gasteiger charge is 2.27. The normalized spacial score (nSPS) is 20.6. The summed E-state index contributed by atoms with van der Waals surface area (Å²) in [5.74, 6) is -0.380. The lowest BCUT2D eigenvalue weighted by molar-refractivity contribution is 0.0255. The molecule has 1 fully saturated rings. The van der Waals surface area contributed by atoms with Crippen molar-refractivity contribution in [1.29, 1.82) is 5.26 Å². The summed E-state index contributed by atoms with van der Waals surface area (Å²) in [6.45, 7) is 6.87.